The summed E-state index contributed by atoms with van der Waals surface area (Å²) in [6.45, 7) is 4.00. The molecule has 0 aliphatic rings. The van der Waals surface area contributed by atoms with Gasteiger partial charge >= 0.3 is 0 Å². The maximum atomic E-state index is 13.6. The number of aliphatic hydroxyl groups is 1. The third-order valence-corrected chi connectivity index (χ3v) is 6.87. The van der Waals surface area contributed by atoms with Crippen LogP contribution in [0.2, 0.25) is 10.0 Å². The summed E-state index contributed by atoms with van der Waals surface area (Å²) < 4.78 is 34.4. The highest BCUT2D eigenvalue weighted by Gasteiger charge is 2.31. The zero-order valence-corrected chi connectivity index (χ0v) is 19.6. The van der Waals surface area contributed by atoms with Crippen molar-refractivity contribution in [1.82, 2.24) is 9.55 Å². The van der Waals surface area contributed by atoms with Gasteiger partial charge in [0, 0.05) is 16.6 Å². The van der Waals surface area contributed by atoms with Gasteiger partial charge in [0.25, 0.3) is 0 Å². The van der Waals surface area contributed by atoms with Crippen LogP contribution in [0.4, 0.5) is 0 Å². The number of benzene rings is 2. The number of nitrogens with zero attached hydrogens (tertiary/aromatic N) is 2. The first-order valence-corrected chi connectivity index (χ1v) is 12.0. The Kier molecular flexibility index (Phi) is 7.78. The van der Waals surface area contributed by atoms with Crippen molar-refractivity contribution in [3.05, 3.63) is 75.7 Å². The zero-order valence-electron chi connectivity index (χ0n) is 17.3. The largest absolute Gasteiger partial charge is 0.395 e. The fraction of sp³-hybridized carbons (Fsp3) is 0.318. The van der Waals surface area contributed by atoms with Gasteiger partial charge in [0.1, 0.15) is 12.4 Å². The molecule has 2 aromatic carbocycles. The molecular weight excluding hydrogens is 459 g/mol. The summed E-state index contributed by atoms with van der Waals surface area (Å²) >= 11 is 12.1. The number of aromatic nitrogens is 2. The fourth-order valence-electron chi connectivity index (χ4n) is 3.23. The molecule has 0 unspecified atom stereocenters. The van der Waals surface area contributed by atoms with Crippen LogP contribution in [0, 0.1) is 0 Å². The first-order chi connectivity index (χ1) is 14.7. The third kappa shape index (κ3) is 5.48. The van der Waals surface area contributed by atoms with Gasteiger partial charge < -0.3 is 14.4 Å². The number of ether oxygens (including phenoxy) is 1. The van der Waals surface area contributed by atoms with Crippen molar-refractivity contribution >= 4 is 33.0 Å². The Hall–Kier alpha value is -1.90. The van der Waals surface area contributed by atoms with Crippen molar-refractivity contribution in [2.75, 3.05) is 6.61 Å². The van der Waals surface area contributed by atoms with E-state index in [1.54, 1.807) is 0 Å². The lowest BCUT2D eigenvalue weighted by Crippen LogP contribution is -2.16. The van der Waals surface area contributed by atoms with Crippen molar-refractivity contribution in [3.8, 4) is 0 Å². The molecule has 0 saturated heterocycles. The van der Waals surface area contributed by atoms with Crippen LogP contribution in [0.15, 0.2) is 58.5 Å². The van der Waals surface area contributed by atoms with Crippen LogP contribution < -0.4 is 0 Å². The van der Waals surface area contributed by atoms with E-state index in [0.29, 0.717) is 18.1 Å². The topological polar surface area (TPSA) is 81.4 Å². The highest BCUT2D eigenvalue weighted by atomic mass is 35.5. The van der Waals surface area contributed by atoms with Gasteiger partial charge in [-0.1, -0.05) is 67.4 Å². The molecule has 166 valence electrons. The Labute approximate surface area is 192 Å². The quantitative estimate of drug-likeness (QED) is 0.471. The van der Waals surface area contributed by atoms with E-state index in [9.17, 15) is 13.5 Å². The molecule has 0 aliphatic carbocycles. The van der Waals surface area contributed by atoms with E-state index in [-0.39, 0.29) is 45.6 Å². The van der Waals surface area contributed by atoms with Crippen molar-refractivity contribution in [2.24, 2.45) is 0 Å². The maximum Gasteiger partial charge on any atom is 0.224 e. The predicted molar refractivity (Wildman–Crippen MR) is 120 cm³/mol. The third-order valence-electron chi connectivity index (χ3n) is 4.64. The number of rotatable bonds is 9. The SMILES string of the molecule is CC(C)c1nc(COCc2ccccc2)n(CCO)c1S(=O)(=O)c1cc(Cl)cc(Cl)c1. The molecule has 1 aromatic heterocycles. The summed E-state index contributed by atoms with van der Waals surface area (Å²) in [4.78, 5) is 4.55. The van der Waals surface area contributed by atoms with Gasteiger partial charge in [-0.2, -0.15) is 0 Å². The molecule has 0 saturated carbocycles. The number of hydrogen-bond donors (Lipinski definition) is 1. The first-order valence-electron chi connectivity index (χ1n) is 9.77. The monoisotopic (exact) mass is 482 g/mol. The average molecular weight is 483 g/mol. The second-order valence-corrected chi connectivity index (χ2v) is 10.1. The van der Waals surface area contributed by atoms with Crippen LogP contribution in [0.1, 0.15) is 36.8 Å². The average Bonchev–Trinajstić information content (AvgIpc) is 3.08. The minimum Gasteiger partial charge on any atom is -0.395 e. The Balaban J connectivity index is 2.03. The fourth-order valence-corrected chi connectivity index (χ4v) is 5.72. The molecule has 1 heterocycles. The zero-order chi connectivity index (χ0) is 22.6. The summed E-state index contributed by atoms with van der Waals surface area (Å²) in [6, 6.07) is 13.8. The molecule has 0 radical (unpaired) electrons. The molecule has 0 aliphatic heterocycles. The summed E-state index contributed by atoms with van der Waals surface area (Å²) in [5.74, 6) is 0.257. The van der Waals surface area contributed by atoms with Gasteiger partial charge in [0.05, 0.1) is 23.8 Å². The van der Waals surface area contributed by atoms with E-state index in [2.05, 4.69) is 4.98 Å². The summed E-state index contributed by atoms with van der Waals surface area (Å²) in [5.41, 5.74) is 1.40. The van der Waals surface area contributed by atoms with E-state index in [4.69, 9.17) is 27.9 Å². The highest BCUT2D eigenvalue weighted by Crippen LogP contribution is 2.32. The van der Waals surface area contributed by atoms with Crippen molar-refractivity contribution in [2.45, 2.75) is 49.4 Å². The van der Waals surface area contributed by atoms with Crippen LogP contribution in [0.25, 0.3) is 0 Å². The second kappa shape index (κ2) is 10.1. The second-order valence-electron chi connectivity index (χ2n) is 7.34. The number of halogens is 2. The number of aliphatic hydroxyl groups excluding tert-OH is 1. The van der Waals surface area contributed by atoms with Crippen LogP contribution in [0.5, 0.6) is 0 Å². The van der Waals surface area contributed by atoms with Gasteiger partial charge in [-0.3, -0.25) is 0 Å². The minimum atomic E-state index is -4.00. The predicted octanol–water partition coefficient (Wildman–Crippen LogP) is 4.86. The van der Waals surface area contributed by atoms with Gasteiger partial charge in [0.15, 0.2) is 5.03 Å². The standard InChI is InChI=1S/C22H24Cl2N2O4S/c1-15(2)21-22(31(28,29)19-11-17(23)10-18(24)12-19)26(8-9-27)20(25-21)14-30-13-16-6-4-3-5-7-16/h3-7,10-12,15,27H,8-9,13-14H2,1-2H3. The first kappa shape index (κ1) is 23.8. The molecule has 3 rings (SSSR count). The lowest BCUT2D eigenvalue weighted by Gasteiger charge is -2.14. The number of imidazole rings is 1. The number of sulfone groups is 1. The Morgan fingerprint density at radius 2 is 1.71 bits per heavy atom. The summed E-state index contributed by atoms with van der Waals surface area (Å²) in [7, 11) is -4.00. The molecule has 3 aromatic rings. The molecule has 0 atom stereocenters. The normalized spacial score (nSPS) is 11.9. The van der Waals surface area contributed by atoms with E-state index in [0.717, 1.165) is 5.56 Å². The van der Waals surface area contributed by atoms with Crippen LogP contribution in [0.3, 0.4) is 0 Å². The molecule has 1 N–H and O–H groups in total. The van der Waals surface area contributed by atoms with Crippen LogP contribution >= 0.6 is 23.2 Å². The molecular formula is C22H24Cl2N2O4S. The van der Waals surface area contributed by atoms with Crippen molar-refractivity contribution in [3.63, 3.8) is 0 Å². The van der Waals surface area contributed by atoms with Crippen LogP contribution in [-0.2, 0) is 34.3 Å². The van der Waals surface area contributed by atoms with Gasteiger partial charge in [-0.15, -0.1) is 0 Å². The Morgan fingerprint density at radius 1 is 1.06 bits per heavy atom. The molecule has 31 heavy (non-hydrogen) atoms. The van der Waals surface area contributed by atoms with Gasteiger partial charge in [-0.05, 0) is 29.7 Å². The van der Waals surface area contributed by atoms with E-state index in [1.165, 1.54) is 22.8 Å². The van der Waals surface area contributed by atoms with Crippen molar-refractivity contribution in [1.29, 1.82) is 0 Å². The number of hydrogen-bond acceptors (Lipinski definition) is 5. The highest BCUT2D eigenvalue weighted by molar-refractivity contribution is 7.91. The molecule has 6 nitrogen and oxygen atoms in total. The molecule has 0 fully saturated rings. The lowest BCUT2D eigenvalue weighted by atomic mass is 10.1. The van der Waals surface area contributed by atoms with E-state index >= 15 is 0 Å². The van der Waals surface area contributed by atoms with Crippen molar-refractivity contribution < 1.29 is 18.3 Å². The molecule has 0 spiro atoms. The summed E-state index contributed by atoms with van der Waals surface area (Å²) in [6.07, 6.45) is 0. The Morgan fingerprint density at radius 3 is 2.29 bits per heavy atom. The minimum absolute atomic E-state index is 0.0215. The summed E-state index contributed by atoms with van der Waals surface area (Å²) in [5, 5.41) is 10.1. The molecule has 0 amide bonds. The Bertz CT molecular complexity index is 1130. The van der Waals surface area contributed by atoms with Gasteiger partial charge in [0.2, 0.25) is 9.84 Å². The lowest BCUT2D eigenvalue weighted by molar-refractivity contribution is 0.0978. The molecule has 0 bridgehead atoms. The molecule has 9 heteroatoms. The van der Waals surface area contributed by atoms with Gasteiger partial charge in [-0.25, -0.2) is 13.4 Å². The van der Waals surface area contributed by atoms with E-state index in [1.807, 2.05) is 44.2 Å². The smallest absolute Gasteiger partial charge is 0.224 e. The maximum absolute atomic E-state index is 13.6. The van der Waals surface area contributed by atoms with Crippen LogP contribution in [-0.4, -0.2) is 29.7 Å². The van der Waals surface area contributed by atoms with E-state index < -0.39 is 9.84 Å².